The molecule has 4 atom stereocenters. The van der Waals surface area contributed by atoms with Gasteiger partial charge in [0.2, 0.25) is 0 Å². The van der Waals surface area contributed by atoms with Crippen molar-refractivity contribution < 1.29 is 4.74 Å². The fourth-order valence-electron chi connectivity index (χ4n) is 5.40. The highest BCUT2D eigenvalue weighted by Gasteiger charge is 2.53. The zero-order chi connectivity index (χ0) is 16.5. The largest absolute Gasteiger partial charge is 0.374 e. The van der Waals surface area contributed by atoms with E-state index in [1.54, 1.807) is 0 Å². The highest BCUT2D eigenvalue weighted by Crippen LogP contribution is 2.47. The normalized spacial score (nSPS) is 34.7. The molecule has 6 heteroatoms. The quantitative estimate of drug-likeness (QED) is 0.388. The third-order valence-electron chi connectivity index (χ3n) is 6.75. The van der Waals surface area contributed by atoms with Crippen molar-refractivity contribution in [3.8, 4) is 0 Å². The Balaban J connectivity index is 0.00000182. The number of ether oxygens (including phenoxy) is 1. The van der Waals surface area contributed by atoms with E-state index in [9.17, 15) is 0 Å². The average Bonchev–Trinajstić information content (AvgIpc) is 3.36. The van der Waals surface area contributed by atoms with Crippen LogP contribution in [0.15, 0.2) is 4.99 Å². The Kier molecular flexibility index (Phi) is 6.88. The number of hydrogen-bond donors (Lipinski definition) is 1. The summed E-state index contributed by atoms with van der Waals surface area (Å²) in [7, 11) is 2.27. The minimum atomic E-state index is 0. The van der Waals surface area contributed by atoms with E-state index < -0.39 is 0 Å². The maximum absolute atomic E-state index is 6.10. The molecule has 0 spiro atoms. The van der Waals surface area contributed by atoms with Gasteiger partial charge in [-0.3, -0.25) is 4.99 Å². The molecule has 0 aromatic heterocycles. The van der Waals surface area contributed by atoms with E-state index in [4.69, 9.17) is 9.73 Å². The molecule has 25 heavy (non-hydrogen) atoms. The van der Waals surface area contributed by atoms with Crippen molar-refractivity contribution >= 4 is 29.9 Å². The Morgan fingerprint density at radius 1 is 1.12 bits per heavy atom. The molecule has 3 heterocycles. The first kappa shape index (κ1) is 19.7. The minimum Gasteiger partial charge on any atom is -0.374 e. The lowest BCUT2D eigenvalue weighted by atomic mass is 9.82. The van der Waals surface area contributed by atoms with Gasteiger partial charge in [0.25, 0.3) is 0 Å². The van der Waals surface area contributed by atoms with Crippen molar-refractivity contribution in [3.63, 3.8) is 0 Å². The molecule has 4 rings (SSSR count). The van der Waals surface area contributed by atoms with Crippen LogP contribution >= 0.6 is 24.0 Å². The first-order valence-corrected chi connectivity index (χ1v) is 10.1. The van der Waals surface area contributed by atoms with Crippen molar-refractivity contribution in [1.82, 2.24) is 15.1 Å². The van der Waals surface area contributed by atoms with Crippen LogP contribution in [-0.4, -0.2) is 73.8 Å². The molecule has 4 unspecified atom stereocenters. The number of likely N-dealkylation sites (tertiary alicyclic amines) is 1. The lowest BCUT2D eigenvalue weighted by Crippen LogP contribution is -2.42. The summed E-state index contributed by atoms with van der Waals surface area (Å²) in [6, 6.07) is 0.793. The maximum atomic E-state index is 6.10. The van der Waals surface area contributed by atoms with E-state index in [0.717, 1.165) is 56.6 Å². The molecule has 0 amide bonds. The second-order valence-electron chi connectivity index (χ2n) is 8.18. The Bertz CT molecular complexity index is 450. The van der Waals surface area contributed by atoms with Gasteiger partial charge in [-0.05, 0) is 39.7 Å². The second kappa shape index (κ2) is 8.74. The van der Waals surface area contributed by atoms with Gasteiger partial charge in [-0.15, -0.1) is 24.0 Å². The van der Waals surface area contributed by atoms with Crippen LogP contribution < -0.4 is 5.32 Å². The van der Waals surface area contributed by atoms with Crippen LogP contribution in [0.25, 0.3) is 0 Å². The summed E-state index contributed by atoms with van der Waals surface area (Å²) in [6.07, 6.45) is 9.17. The summed E-state index contributed by atoms with van der Waals surface area (Å²) in [5.41, 5.74) is 0. The fourth-order valence-corrected chi connectivity index (χ4v) is 5.40. The lowest BCUT2D eigenvalue weighted by Gasteiger charge is -2.25. The zero-order valence-corrected chi connectivity index (χ0v) is 18.2. The number of nitrogens with zero attached hydrogens (tertiary/aromatic N) is 3. The van der Waals surface area contributed by atoms with Crippen LogP contribution in [0.5, 0.6) is 0 Å². The summed E-state index contributed by atoms with van der Waals surface area (Å²) >= 11 is 0. The van der Waals surface area contributed by atoms with Gasteiger partial charge >= 0.3 is 0 Å². The van der Waals surface area contributed by atoms with Crippen LogP contribution in [-0.2, 0) is 4.74 Å². The Labute approximate surface area is 170 Å². The summed E-state index contributed by atoms with van der Waals surface area (Å²) in [5, 5.41) is 3.52. The third-order valence-corrected chi connectivity index (χ3v) is 6.75. The van der Waals surface area contributed by atoms with E-state index in [1.165, 1.54) is 38.5 Å². The van der Waals surface area contributed by atoms with Crippen LogP contribution in [0.4, 0.5) is 0 Å². The third kappa shape index (κ3) is 4.10. The van der Waals surface area contributed by atoms with Gasteiger partial charge < -0.3 is 19.9 Å². The van der Waals surface area contributed by atoms with E-state index in [-0.39, 0.29) is 24.0 Å². The molecule has 2 bridgehead atoms. The number of guanidine groups is 1. The van der Waals surface area contributed by atoms with Gasteiger partial charge in [-0.25, -0.2) is 0 Å². The molecule has 4 fully saturated rings. The summed E-state index contributed by atoms with van der Waals surface area (Å²) in [5.74, 6) is 2.62. The molecule has 0 radical (unpaired) electrons. The fraction of sp³-hybridized carbons (Fsp3) is 0.947. The molecule has 1 aliphatic carbocycles. The monoisotopic (exact) mass is 462 g/mol. The average molecular weight is 462 g/mol. The van der Waals surface area contributed by atoms with Crippen LogP contribution in [0.1, 0.15) is 45.4 Å². The van der Waals surface area contributed by atoms with E-state index in [1.807, 2.05) is 0 Å². The molecular formula is C19H35IN4O. The Morgan fingerprint density at radius 2 is 1.76 bits per heavy atom. The number of fused-ring (bicyclic) bond motifs is 5. The van der Waals surface area contributed by atoms with Gasteiger partial charge in [0.05, 0.1) is 18.8 Å². The molecule has 3 aliphatic heterocycles. The number of halogens is 1. The molecule has 0 aromatic rings. The lowest BCUT2D eigenvalue weighted by molar-refractivity contribution is 0.0767. The molecule has 5 nitrogen and oxygen atoms in total. The highest BCUT2D eigenvalue weighted by atomic mass is 127. The van der Waals surface area contributed by atoms with Gasteiger partial charge in [0, 0.05) is 44.1 Å². The number of hydrogen-bond acceptors (Lipinski definition) is 3. The molecule has 1 saturated carbocycles. The van der Waals surface area contributed by atoms with Gasteiger partial charge in [-0.2, -0.15) is 0 Å². The van der Waals surface area contributed by atoms with Crippen molar-refractivity contribution in [1.29, 1.82) is 0 Å². The summed E-state index contributed by atoms with van der Waals surface area (Å²) < 4.78 is 6.10. The summed E-state index contributed by atoms with van der Waals surface area (Å²) in [4.78, 5) is 9.98. The predicted octanol–water partition coefficient (Wildman–Crippen LogP) is 2.55. The molecule has 1 N–H and O–H groups in total. The first-order valence-electron chi connectivity index (χ1n) is 10.1. The molecule has 144 valence electrons. The number of likely N-dealkylation sites (N-methyl/N-ethyl adjacent to an activating group) is 1. The van der Waals surface area contributed by atoms with Crippen molar-refractivity contribution in [2.24, 2.45) is 16.8 Å². The topological polar surface area (TPSA) is 40.1 Å². The molecule has 0 aromatic carbocycles. The van der Waals surface area contributed by atoms with Crippen molar-refractivity contribution in [2.45, 2.75) is 63.7 Å². The number of nitrogens with one attached hydrogen (secondary N) is 1. The standard InChI is InChI=1S/C19H34N4O.HI/c1-3-20-19(21-10-11-22(2)14-6-4-5-7-14)23-12-15-16(13-23)18-9-8-17(15)24-18;/h14-18H,3-13H2,1-2H3,(H,20,21);1H. The first-order chi connectivity index (χ1) is 11.8. The van der Waals surface area contributed by atoms with E-state index in [2.05, 4.69) is 29.1 Å². The Hall–Kier alpha value is -0.0800. The van der Waals surface area contributed by atoms with Gasteiger partial charge in [-0.1, -0.05) is 12.8 Å². The minimum absolute atomic E-state index is 0. The summed E-state index contributed by atoms with van der Waals surface area (Å²) in [6.45, 7) is 7.38. The molecule has 3 saturated heterocycles. The predicted molar refractivity (Wildman–Crippen MR) is 113 cm³/mol. The molecular weight excluding hydrogens is 427 g/mol. The van der Waals surface area contributed by atoms with Crippen molar-refractivity contribution in [2.75, 3.05) is 39.8 Å². The van der Waals surface area contributed by atoms with Crippen molar-refractivity contribution in [3.05, 3.63) is 0 Å². The number of aliphatic imine (C=N–C) groups is 1. The number of rotatable bonds is 5. The SMILES string of the molecule is CCNC(=NCCN(C)C1CCCC1)N1CC2C3CCC(O3)C2C1.I. The van der Waals surface area contributed by atoms with Crippen LogP contribution in [0.2, 0.25) is 0 Å². The van der Waals surface area contributed by atoms with E-state index in [0.29, 0.717) is 12.2 Å². The van der Waals surface area contributed by atoms with E-state index >= 15 is 0 Å². The van der Waals surface area contributed by atoms with Crippen LogP contribution in [0.3, 0.4) is 0 Å². The smallest absolute Gasteiger partial charge is 0.193 e. The molecule has 4 aliphatic rings. The second-order valence-corrected chi connectivity index (χ2v) is 8.18. The van der Waals surface area contributed by atoms with Crippen LogP contribution in [0, 0.1) is 11.8 Å². The zero-order valence-electron chi connectivity index (χ0n) is 15.8. The highest BCUT2D eigenvalue weighted by molar-refractivity contribution is 14.0. The van der Waals surface area contributed by atoms with Gasteiger partial charge in [0.1, 0.15) is 0 Å². The maximum Gasteiger partial charge on any atom is 0.193 e. The van der Waals surface area contributed by atoms with Gasteiger partial charge in [0.15, 0.2) is 5.96 Å². The Morgan fingerprint density at radius 3 is 2.36 bits per heavy atom.